The summed E-state index contributed by atoms with van der Waals surface area (Å²) in [5, 5.41) is 12.2. The zero-order valence-corrected chi connectivity index (χ0v) is 17.6. The first-order valence-corrected chi connectivity index (χ1v) is 9.86. The van der Waals surface area contributed by atoms with Gasteiger partial charge in [0.2, 0.25) is 5.91 Å². The average Bonchev–Trinajstić information content (AvgIpc) is 3.10. The molecule has 1 aromatic carbocycles. The molecular formula is C22H27F3N4O3. The largest absolute Gasteiger partial charge is 0.507 e. The van der Waals surface area contributed by atoms with Gasteiger partial charge in [-0.25, -0.2) is 0 Å². The van der Waals surface area contributed by atoms with Crippen LogP contribution in [0.25, 0.3) is 11.8 Å². The quantitative estimate of drug-likeness (QED) is 0.453. The summed E-state index contributed by atoms with van der Waals surface area (Å²) in [6.07, 6.45) is -1.23. The van der Waals surface area contributed by atoms with Gasteiger partial charge in [-0.15, -0.1) is 0 Å². The van der Waals surface area contributed by atoms with Crippen LogP contribution in [-0.4, -0.2) is 36.3 Å². The Labute approximate surface area is 183 Å². The van der Waals surface area contributed by atoms with Crippen LogP contribution >= 0.6 is 0 Å². The second kappa shape index (κ2) is 10.8. The molecule has 1 saturated heterocycles. The van der Waals surface area contributed by atoms with Gasteiger partial charge in [-0.3, -0.25) is 4.79 Å². The number of amides is 1. The minimum Gasteiger partial charge on any atom is -0.507 e. The number of phenols is 1. The number of anilines is 1. The molecule has 0 atom stereocenters. The van der Waals surface area contributed by atoms with Gasteiger partial charge in [0.15, 0.2) is 0 Å². The number of likely N-dealkylation sites (N-methyl/N-ethyl adjacent to an activating group) is 1. The number of hydrogen-bond donors (Lipinski definition) is 5. The standard InChI is InChI=1S/C18H20F3N3O2.C4H7NO/c19-18(20,21)15-12(9-13(22)11-3-1-2-4-14(11)25)17(23)24-16(15)10-5-7-26-8-6-10;1-3-4(6)5-2/h1-4,9-10,24-25H,5-8,22-23H2;3H,1H2,2H3,(H,5,6)/b13-9-;. The number of aromatic hydroxyl groups is 1. The van der Waals surface area contributed by atoms with E-state index in [-0.39, 0.29) is 45.9 Å². The highest BCUT2D eigenvalue weighted by Crippen LogP contribution is 2.43. The highest BCUT2D eigenvalue weighted by atomic mass is 19.4. The lowest BCUT2D eigenvalue weighted by molar-refractivity contribution is -0.138. The molecule has 3 rings (SSSR count). The number of rotatable bonds is 4. The van der Waals surface area contributed by atoms with Gasteiger partial charge in [0.25, 0.3) is 0 Å². The Morgan fingerprint density at radius 1 is 1.31 bits per heavy atom. The molecule has 1 amide bonds. The number of aromatic nitrogens is 1. The SMILES string of the molecule is C=CC(=O)NC.N/C(=C\c1c(N)[nH]c(C2CCOCC2)c1C(F)(F)F)c1ccccc1O. The van der Waals surface area contributed by atoms with Crippen LogP contribution in [0.4, 0.5) is 19.0 Å². The van der Waals surface area contributed by atoms with Crippen LogP contribution < -0.4 is 16.8 Å². The number of halogens is 3. The van der Waals surface area contributed by atoms with E-state index in [0.717, 1.165) is 6.08 Å². The van der Waals surface area contributed by atoms with Crippen molar-refractivity contribution < 1.29 is 27.8 Å². The number of benzene rings is 1. The molecule has 0 saturated carbocycles. The summed E-state index contributed by atoms with van der Waals surface area (Å²) in [5.74, 6) is -0.670. The number of phenolic OH excluding ortho intramolecular Hbond substituents is 1. The highest BCUT2D eigenvalue weighted by molar-refractivity contribution is 5.87. The lowest BCUT2D eigenvalue weighted by atomic mass is 9.92. The van der Waals surface area contributed by atoms with E-state index >= 15 is 0 Å². The Balaban J connectivity index is 0.000000534. The van der Waals surface area contributed by atoms with Crippen molar-refractivity contribution in [2.45, 2.75) is 24.9 Å². The number of nitrogens with two attached hydrogens (primary N) is 2. The van der Waals surface area contributed by atoms with Gasteiger partial charge in [-0.2, -0.15) is 13.2 Å². The maximum atomic E-state index is 13.8. The number of nitrogen functional groups attached to an aromatic ring is 1. The van der Waals surface area contributed by atoms with E-state index in [1.165, 1.54) is 18.2 Å². The molecule has 0 bridgehead atoms. The van der Waals surface area contributed by atoms with E-state index in [4.69, 9.17) is 16.2 Å². The zero-order valence-electron chi connectivity index (χ0n) is 17.6. The van der Waals surface area contributed by atoms with Crippen molar-refractivity contribution in [1.82, 2.24) is 10.3 Å². The molecule has 0 aliphatic carbocycles. The van der Waals surface area contributed by atoms with Crippen LogP contribution in [0.15, 0.2) is 36.9 Å². The Kier molecular flexibility index (Phi) is 8.36. The average molecular weight is 452 g/mol. The number of hydrogen-bond acceptors (Lipinski definition) is 5. The van der Waals surface area contributed by atoms with E-state index < -0.39 is 11.7 Å². The number of carbonyl (C=O) groups is 1. The molecule has 0 unspecified atom stereocenters. The molecule has 1 fully saturated rings. The number of nitrogens with one attached hydrogen (secondary N) is 2. The van der Waals surface area contributed by atoms with Crippen LogP contribution in [-0.2, 0) is 15.7 Å². The molecule has 32 heavy (non-hydrogen) atoms. The van der Waals surface area contributed by atoms with Crippen molar-refractivity contribution in [2.24, 2.45) is 5.73 Å². The monoisotopic (exact) mass is 452 g/mol. The van der Waals surface area contributed by atoms with Gasteiger partial charge in [0, 0.05) is 48.7 Å². The van der Waals surface area contributed by atoms with Crippen molar-refractivity contribution in [3.05, 3.63) is 59.3 Å². The maximum absolute atomic E-state index is 13.8. The first kappa shape index (κ1) is 24.9. The Morgan fingerprint density at radius 3 is 2.44 bits per heavy atom. The number of ether oxygens (including phenoxy) is 1. The third-order valence-corrected chi connectivity index (χ3v) is 4.96. The molecule has 1 aliphatic rings. The number of carbonyl (C=O) groups excluding carboxylic acids is 1. The lowest BCUT2D eigenvalue weighted by Crippen LogP contribution is -2.18. The lowest BCUT2D eigenvalue weighted by Gasteiger charge is -2.23. The fraction of sp³-hybridized carbons (Fsp3) is 0.318. The van der Waals surface area contributed by atoms with Gasteiger partial charge in [0.1, 0.15) is 11.6 Å². The second-order valence-electron chi connectivity index (χ2n) is 7.06. The summed E-state index contributed by atoms with van der Waals surface area (Å²) in [6, 6.07) is 6.17. The minimum absolute atomic E-state index is 0.00201. The molecular weight excluding hydrogens is 425 g/mol. The predicted octanol–water partition coefficient (Wildman–Crippen LogP) is 3.59. The van der Waals surface area contributed by atoms with E-state index in [0.29, 0.717) is 26.1 Å². The molecule has 174 valence electrons. The molecule has 2 aromatic rings. The van der Waals surface area contributed by atoms with Crippen LogP contribution in [0.1, 0.15) is 41.1 Å². The van der Waals surface area contributed by atoms with Crippen LogP contribution in [0.2, 0.25) is 0 Å². The topological polar surface area (TPSA) is 126 Å². The van der Waals surface area contributed by atoms with Gasteiger partial charge < -0.3 is 31.6 Å². The van der Waals surface area contributed by atoms with Crippen molar-refractivity contribution in [3.63, 3.8) is 0 Å². The number of para-hydroxylation sites is 1. The summed E-state index contributed by atoms with van der Waals surface area (Å²) in [4.78, 5) is 12.7. The molecule has 1 aliphatic heterocycles. The van der Waals surface area contributed by atoms with Gasteiger partial charge >= 0.3 is 6.18 Å². The van der Waals surface area contributed by atoms with Crippen molar-refractivity contribution in [3.8, 4) is 5.75 Å². The maximum Gasteiger partial charge on any atom is 0.418 e. The van der Waals surface area contributed by atoms with E-state index in [1.54, 1.807) is 19.2 Å². The molecule has 7 N–H and O–H groups in total. The van der Waals surface area contributed by atoms with E-state index in [1.807, 2.05) is 0 Å². The normalized spacial score (nSPS) is 14.9. The molecule has 7 nitrogen and oxygen atoms in total. The van der Waals surface area contributed by atoms with Crippen LogP contribution in [0.5, 0.6) is 5.75 Å². The number of H-pyrrole nitrogens is 1. The van der Waals surface area contributed by atoms with Crippen LogP contribution in [0, 0.1) is 0 Å². The van der Waals surface area contributed by atoms with Crippen molar-refractivity contribution in [1.29, 1.82) is 0 Å². The molecule has 1 aromatic heterocycles. The third-order valence-electron chi connectivity index (χ3n) is 4.96. The van der Waals surface area contributed by atoms with E-state index in [2.05, 4.69) is 16.9 Å². The first-order valence-electron chi connectivity index (χ1n) is 9.86. The highest BCUT2D eigenvalue weighted by Gasteiger charge is 2.40. The summed E-state index contributed by atoms with van der Waals surface area (Å²) in [5.41, 5.74) is 11.1. The Hall–Kier alpha value is -3.40. The molecule has 0 spiro atoms. The van der Waals surface area contributed by atoms with E-state index in [9.17, 15) is 23.1 Å². The van der Waals surface area contributed by atoms with Gasteiger partial charge in [0.05, 0.1) is 5.56 Å². The fourth-order valence-corrected chi connectivity index (χ4v) is 3.36. The van der Waals surface area contributed by atoms with Crippen LogP contribution in [0.3, 0.4) is 0 Å². The second-order valence-corrected chi connectivity index (χ2v) is 7.06. The Bertz CT molecular complexity index is 977. The van der Waals surface area contributed by atoms with Crippen molar-refractivity contribution >= 4 is 23.5 Å². The third kappa shape index (κ3) is 6.07. The summed E-state index contributed by atoms with van der Waals surface area (Å²) >= 11 is 0. The minimum atomic E-state index is -4.59. The smallest absolute Gasteiger partial charge is 0.418 e. The number of alkyl halides is 3. The summed E-state index contributed by atoms with van der Waals surface area (Å²) in [7, 11) is 1.56. The number of aromatic amines is 1. The Morgan fingerprint density at radius 2 is 1.94 bits per heavy atom. The van der Waals surface area contributed by atoms with Gasteiger partial charge in [-0.05, 0) is 37.1 Å². The fourth-order valence-electron chi connectivity index (χ4n) is 3.36. The predicted molar refractivity (Wildman–Crippen MR) is 117 cm³/mol. The zero-order chi connectivity index (χ0) is 23.9. The first-order chi connectivity index (χ1) is 15.1. The molecule has 10 heteroatoms. The summed E-state index contributed by atoms with van der Waals surface area (Å²) < 4.78 is 46.6. The van der Waals surface area contributed by atoms with Gasteiger partial charge in [-0.1, -0.05) is 18.7 Å². The van der Waals surface area contributed by atoms with Crippen molar-refractivity contribution in [2.75, 3.05) is 26.0 Å². The summed E-state index contributed by atoms with van der Waals surface area (Å²) in [6.45, 7) is 4.04. The molecule has 2 heterocycles. The molecule has 0 radical (unpaired) electrons.